The first-order valence-electron chi connectivity index (χ1n) is 10.8. The average Bonchev–Trinajstić information content (AvgIpc) is 3.36. The molecule has 0 unspecified atom stereocenters. The minimum atomic E-state index is -0.366. The van der Waals surface area contributed by atoms with Crippen LogP contribution in [0.3, 0.4) is 0 Å². The first-order valence-corrected chi connectivity index (χ1v) is 11.7. The molecule has 33 heavy (non-hydrogen) atoms. The van der Waals surface area contributed by atoms with Gasteiger partial charge >= 0.3 is 0 Å². The van der Waals surface area contributed by atoms with Crippen LogP contribution in [0.2, 0.25) is 0 Å². The Morgan fingerprint density at radius 3 is 2.39 bits per heavy atom. The van der Waals surface area contributed by atoms with Crippen LogP contribution in [0.25, 0.3) is 5.57 Å². The second-order valence-electron chi connectivity index (χ2n) is 7.75. The molecule has 1 aliphatic heterocycles. The molecule has 2 aromatic carbocycles. The molecule has 2 heterocycles. The Balaban J connectivity index is 1.54. The Morgan fingerprint density at radius 2 is 1.70 bits per heavy atom. The van der Waals surface area contributed by atoms with Crippen LogP contribution < -0.4 is 14.8 Å². The molecule has 170 valence electrons. The van der Waals surface area contributed by atoms with Gasteiger partial charge in [-0.25, -0.2) is 0 Å². The monoisotopic (exact) mass is 462 g/mol. The highest BCUT2D eigenvalue weighted by molar-refractivity contribution is 7.11. The molecule has 1 N–H and O–H groups in total. The van der Waals surface area contributed by atoms with Gasteiger partial charge in [-0.05, 0) is 67.6 Å². The molecule has 6 nitrogen and oxygen atoms in total. The van der Waals surface area contributed by atoms with Crippen molar-refractivity contribution in [1.82, 2.24) is 4.90 Å². The van der Waals surface area contributed by atoms with Gasteiger partial charge in [0.2, 0.25) is 0 Å². The van der Waals surface area contributed by atoms with Crippen LogP contribution in [0.15, 0.2) is 65.7 Å². The minimum absolute atomic E-state index is 0.156. The van der Waals surface area contributed by atoms with Gasteiger partial charge in [0.15, 0.2) is 0 Å². The zero-order chi connectivity index (χ0) is 23.4. The van der Waals surface area contributed by atoms with Gasteiger partial charge in [0, 0.05) is 16.6 Å². The molecule has 0 atom stereocenters. The number of carbonyl (C=O) groups is 2. The number of hydrogen-bond acceptors (Lipinski definition) is 6. The number of imide groups is 1. The standard InChI is InChI=1S/C26H26N2O4S/c1-4-31-20-8-5-7-19(16-20)27-24-23(22-9-6-12-33-22)25(29)28(26(24)30)10-11-32-21-14-17(2)13-18(3)15-21/h5-9,12-16,27H,4,10-11H2,1-3H3. The second-order valence-corrected chi connectivity index (χ2v) is 8.69. The highest BCUT2D eigenvalue weighted by Crippen LogP contribution is 2.33. The van der Waals surface area contributed by atoms with Crippen LogP contribution in [0.4, 0.5) is 5.69 Å². The zero-order valence-electron chi connectivity index (χ0n) is 18.9. The maximum absolute atomic E-state index is 13.3. The van der Waals surface area contributed by atoms with E-state index in [-0.39, 0.29) is 30.7 Å². The van der Waals surface area contributed by atoms with Crippen molar-refractivity contribution in [2.75, 3.05) is 25.1 Å². The van der Waals surface area contributed by atoms with Crippen molar-refractivity contribution in [2.45, 2.75) is 20.8 Å². The smallest absolute Gasteiger partial charge is 0.278 e. The molecule has 1 aromatic heterocycles. The summed E-state index contributed by atoms with van der Waals surface area (Å²) >= 11 is 1.42. The summed E-state index contributed by atoms with van der Waals surface area (Å²) in [5, 5.41) is 5.05. The number of aryl methyl sites for hydroxylation is 2. The number of nitrogens with one attached hydrogen (secondary N) is 1. The third kappa shape index (κ3) is 5.09. The van der Waals surface area contributed by atoms with Crippen LogP contribution in [0.1, 0.15) is 22.9 Å². The summed E-state index contributed by atoms with van der Waals surface area (Å²) in [4.78, 5) is 28.5. The molecule has 3 aromatic rings. The van der Waals surface area contributed by atoms with Gasteiger partial charge in [0.1, 0.15) is 23.8 Å². The molecule has 0 saturated heterocycles. The number of benzene rings is 2. The summed E-state index contributed by atoms with van der Waals surface area (Å²) < 4.78 is 11.4. The van der Waals surface area contributed by atoms with Crippen LogP contribution in [-0.2, 0) is 9.59 Å². The SMILES string of the molecule is CCOc1cccc(NC2=C(c3cccs3)C(=O)N(CCOc3cc(C)cc(C)c3)C2=O)c1. The number of carbonyl (C=O) groups excluding carboxylic acids is 2. The quantitative estimate of drug-likeness (QED) is 0.452. The summed E-state index contributed by atoms with van der Waals surface area (Å²) in [5.74, 6) is 0.726. The van der Waals surface area contributed by atoms with E-state index in [1.54, 1.807) is 0 Å². The fourth-order valence-electron chi connectivity index (χ4n) is 3.79. The first-order chi connectivity index (χ1) is 16.0. The fraction of sp³-hybridized carbons (Fsp3) is 0.231. The predicted molar refractivity (Wildman–Crippen MR) is 131 cm³/mol. The van der Waals surface area contributed by atoms with Crippen molar-refractivity contribution in [1.29, 1.82) is 0 Å². The molecular weight excluding hydrogens is 436 g/mol. The number of thiophene rings is 1. The molecule has 0 aliphatic carbocycles. The van der Waals surface area contributed by atoms with Gasteiger partial charge in [-0.2, -0.15) is 0 Å². The Hall–Kier alpha value is -3.58. The van der Waals surface area contributed by atoms with Gasteiger partial charge in [0.25, 0.3) is 11.8 Å². The van der Waals surface area contributed by atoms with Crippen LogP contribution in [-0.4, -0.2) is 36.5 Å². The number of anilines is 1. The van der Waals surface area contributed by atoms with E-state index in [2.05, 4.69) is 11.4 Å². The topological polar surface area (TPSA) is 67.9 Å². The molecular formula is C26H26N2O4S. The highest BCUT2D eigenvalue weighted by atomic mass is 32.1. The Bertz CT molecular complexity index is 1180. The van der Waals surface area contributed by atoms with Gasteiger partial charge in [-0.15, -0.1) is 11.3 Å². The third-order valence-electron chi connectivity index (χ3n) is 5.13. The van der Waals surface area contributed by atoms with E-state index in [9.17, 15) is 9.59 Å². The van der Waals surface area contributed by atoms with E-state index in [4.69, 9.17) is 9.47 Å². The largest absolute Gasteiger partial charge is 0.494 e. The van der Waals surface area contributed by atoms with Crippen molar-refractivity contribution in [3.63, 3.8) is 0 Å². The Morgan fingerprint density at radius 1 is 0.909 bits per heavy atom. The summed E-state index contributed by atoms with van der Waals surface area (Å²) in [7, 11) is 0. The van der Waals surface area contributed by atoms with Crippen LogP contribution in [0.5, 0.6) is 11.5 Å². The van der Waals surface area contributed by atoms with Crippen molar-refractivity contribution in [2.24, 2.45) is 0 Å². The molecule has 7 heteroatoms. The lowest BCUT2D eigenvalue weighted by atomic mass is 10.1. The maximum atomic E-state index is 13.3. The molecule has 1 aliphatic rings. The number of nitrogens with zero attached hydrogens (tertiary/aromatic N) is 1. The lowest BCUT2D eigenvalue weighted by molar-refractivity contribution is -0.137. The van der Waals surface area contributed by atoms with Gasteiger partial charge in [-0.3, -0.25) is 14.5 Å². The summed E-state index contributed by atoms with van der Waals surface area (Å²) in [5.41, 5.74) is 3.52. The van der Waals surface area contributed by atoms with E-state index in [1.165, 1.54) is 16.2 Å². The third-order valence-corrected chi connectivity index (χ3v) is 6.02. The number of rotatable bonds is 9. The molecule has 0 bridgehead atoms. The Labute approximate surface area is 197 Å². The molecule has 4 rings (SSSR count). The fourth-order valence-corrected chi connectivity index (χ4v) is 4.56. The summed E-state index contributed by atoms with van der Waals surface area (Å²) in [6, 6.07) is 17.0. The average molecular weight is 463 g/mol. The molecule has 0 spiro atoms. The number of ether oxygens (including phenoxy) is 2. The lowest BCUT2D eigenvalue weighted by Crippen LogP contribution is -2.36. The zero-order valence-corrected chi connectivity index (χ0v) is 19.7. The molecule has 0 radical (unpaired) electrons. The predicted octanol–water partition coefficient (Wildman–Crippen LogP) is 5.03. The number of hydrogen-bond donors (Lipinski definition) is 1. The molecule has 2 amide bonds. The van der Waals surface area contributed by atoms with Gasteiger partial charge in [0.05, 0.1) is 18.7 Å². The first kappa shape index (κ1) is 22.6. The van der Waals surface area contributed by atoms with Crippen molar-refractivity contribution in [3.05, 3.63) is 81.7 Å². The minimum Gasteiger partial charge on any atom is -0.494 e. The van der Waals surface area contributed by atoms with E-state index in [0.29, 0.717) is 23.6 Å². The van der Waals surface area contributed by atoms with Crippen molar-refractivity contribution < 1.29 is 19.1 Å². The van der Waals surface area contributed by atoms with Gasteiger partial charge < -0.3 is 14.8 Å². The van der Waals surface area contributed by atoms with E-state index in [1.807, 2.05) is 74.7 Å². The second kappa shape index (κ2) is 9.92. The molecule has 0 fully saturated rings. The maximum Gasteiger partial charge on any atom is 0.278 e. The lowest BCUT2D eigenvalue weighted by Gasteiger charge is -2.16. The van der Waals surface area contributed by atoms with Crippen molar-refractivity contribution >= 4 is 34.4 Å². The Kier molecular flexibility index (Phi) is 6.79. The summed E-state index contributed by atoms with van der Waals surface area (Å²) in [6.45, 7) is 6.83. The van der Waals surface area contributed by atoms with E-state index in [0.717, 1.165) is 21.8 Å². The van der Waals surface area contributed by atoms with Crippen LogP contribution in [0, 0.1) is 13.8 Å². The summed E-state index contributed by atoms with van der Waals surface area (Å²) in [6.07, 6.45) is 0. The number of amides is 2. The van der Waals surface area contributed by atoms with Gasteiger partial charge in [-0.1, -0.05) is 18.2 Å². The van der Waals surface area contributed by atoms with E-state index >= 15 is 0 Å². The van der Waals surface area contributed by atoms with Crippen molar-refractivity contribution in [3.8, 4) is 11.5 Å². The normalized spacial score (nSPS) is 13.6. The van der Waals surface area contributed by atoms with E-state index < -0.39 is 0 Å². The van der Waals surface area contributed by atoms with Crippen LogP contribution >= 0.6 is 11.3 Å². The highest BCUT2D eigenvalue weighted by Gasteiger charge is 2.39. The molecule has 0 saturated carbocycles.